The molecule has 108 valence electrons. The van der Waals surface area contributed by atoms with Crippen LogP contribution in [0.25, 0.3) is 0 Å². The maximum atomic E-state index is 12.0. The Hall–Kier alpha value is -1.26. The number of carbonyl (C=O) groups is 2. The van der Waals surface area contributed by atoms with Crippen molar-refractivity contribution >= 4 is 35.1 Å². The van der Waals surface area contributed by atoms with Gasteiger partial charge in [-0.25, -0.2) is 0 Å². The molecule has 0 saturated heterocycles. The van der Waals surface area contributed by atoms with Crippen LogP contribution in [0.15, 0.2) is 18.2 Å². The SMILES string of the molecule is CC(CC(=O)O)NC(=O)C1CC1c1cc(Cl)cc(Cl)c1. The average Bonchev–Trinajstić information content (AvgIpc) is 3.05. The third-order valence-electron chi connectivity index (χ3n) is 3.31. The van der Waals surface area contributed by atoms with Gasteiger partial charge in [0.15, 0.2) is 0 Å². The topological polar surface area (TPSA) is 66.4 Å². The maximum absolute atomic E-state index is 12.0. The fourth-order valence-corrected chi connectivity index (χ4v) is 2.85. The summed E-state index contributed by atoms with van der Waals surface area (Å²) in [5, 5.41) is 12.5. The number of carboxylic acids is 1. The number of carboxylic acid groups (broad SMARTS) is 1. The summed E-state index contributed by atoms with van der Waals surface area (Å²) in [6.45, 7) is 1.68. The molecule has 0 heterocycles. The van der Waals surface area contributed by atoms with E-state index in [2.05, 4.69) is 5.32 Å². The molecule has 1 aromatic carbocycles. The van der Waals surface area contributed by atoms with Gasteiger partial charge in [-0.05, 0) is 43.0 Å². The van der Waals surface area contributed by atoms with Crippen molar-refractivity contribution in [2.75, 3.05) is 0 Å². The zero-order valence-corrected chi connectivity index (χ0v) is 12.4. The smallest absolute Gasteiger partial charge is 0.305 e. The highest BCUT2D eigenvalue weighted by Crippen LogP contribution is 2.48. The van der Waals surface area contributed by atoms with Crippen LogP contribution >= 0.6 is 23.2 Å². The molecular formula is C14H15Cl2NO3. The van der Waals surface area contributed by atoms with Crippen LogP contribution in [0.3, 0.4) is 0 Å². The van der Waals surface area contributed by atoms with Gasteiger partial charge in [-0.15, -0.1) is 0 Å². The number of hydrogen-bond acceptors (Lipinski definition) is 2. The lowest BCUT2D eigenvalue weighted by atomic mass is 10.1. The Labute approximate surface area is 127 Å². The number of halogens is 2. The molecule has 0 bridgehead atoms. The van der Waals surface area contributed by atoms with E-state index in [1.807, 2.05) is 12.1 Å². The first-order chi connectivity index (χ1) is 9.36. The Morgan fingerprint density at radius 2 is 1.95 bits per heavy atom. The number of hydrogen-bond donors (Lipinski definition) is 2. The van der Waals surface area contributed by atoms with Gasteiger partial charge in [-0.2, -0.15) is 0 Å². The van der Waals surface area contributed by atoms with E-state index in [0.29, 0.717) is 10.0 Å². The van der Waals surface area contributed by atoms with Crippen molar-refractivity contribution in [1.82, 2.24) is 5.32 Å². The van der Waals surface area contributed by atoms with Crippen LogP contribution in [-0.4, -0.2) is 23.0 Å². The molecular weight excluding hydrogens is 301 g/mol. The van der Waals surface area contributed by atoms with Gasteiger partial charge in [0.05, 0.1) is 6.42 Å². The van der Waals surface area contributed by atoms with Crippen LogP contribution in [0.5, 0.6) is 0 Å². The first-order valence-electron chi connectivity index (χ1n) is 6.35. The number of rotatable bonds is 5. The van der Waals surface area contributed by atoms with Crippen molar-refractivity contribution in [2.24, 2.45) is 5.92 Å². The number of benzene rings is 1. The van der Waals surface area contributed by atoms with Crippen molar-refractivity contribution in [3.63, 3.8) is 0 Å². The van der Waals surface area contributed by atoms with Crippen molar-refractivity contribution in [2.45, 2.75) is 31.7 Å². The first kappa shape index (κ1) is 15.1. The van der Waals surface area contributed by atoms with E-state index in [4.69, 9.17) is 28.3 Å². The van der Waals surface area contributed by atoms with E-state index < -0.39 is 5.97 Å². The fourth-order valence-electron chi connectivity index (χ4n) is 2.31. The highest BCUT2D eigenvalue weighted by molar-refractivity contribution is 6.34. The minimum Gasteiger partial charge on any atom is -0.481 e. The zero-order valence-electron chi connectivity index (χ0n) is 10.9. The molecule has 6 heteroatoms. The molecule has 1 saturated carbocycles. The molecule has 2 N–H and O–H groups in total. The van der Waals surface area contributed by atoms with Crippen molar-refractivity contribution in [1.29, 1.82) is 0 Å². The van der Waals surface area contributed by atoms with Gasteiger partial charge >= 0.3 is 5.97 Å². The molecule has 1 fully saturated rings. The monoisotopic (exact) mass is 315 g/mol. The van der Waals surface area contributed by atoms with Gasteiger partial charge in [0.25, 0.3) is 0 Å². The quantitative estimate of drug-likeness (QED) is 0.877. The molecule has 1 aliphatic carbocycles. The van der Waals surface area contributed by atoms with Gasteiger partial charge < -0.3 is 10.4 Å². The molecule has 0 radical (unpaired) electrons. The molecule has 1 aromatic rings. The Balaban J connectivity index is 1.94. The highest BCUT2D eigenvalue weighted by atomic mass is 35.5. The third-order valence-corrected chi connectivity index (χ3v) is 3.75. The first-order valence-corrected chi connectivity index (χ1v) is 7.10. The van der Waals surface area contributed by atoms with Crippen molar-refractivity contribution in [3.05, 3.63) is 33.8 Å². The van der Waals surface area contributed by atoms with E-state index in [9.17, 15) is 9.59 Å². The third kappa shape index (κ3) is 3.87. The summed E-state index contributed by atoms with van der Waals surface area (Å²) in [6.07, 6.45) is 0.661. The minimum atomic E-state index is -0.924. The summed E-state index contributed by atoms with van der Waals surface area (Å²) in [7, 11) is 0. The molecule has 4 nitrogen and oxygen atoms in total. The van der Waals surface area contributed by atoms with Crippen LogP contribution in [0, 0.1) is 5.92 Å². The Bertz CT molecular complexity index is 527. The second-order valence-corrected chi connectivity index (χ2v) is 6.03. The van der Waals surface area contributed by atoms with Gasteiger partial charge in [-0.1, -0.05) is 23.2 Å². The molecule has 2 rings (SSSR count). The Morgan fingerprint density at radius 1 is 1.35 bits per heavy atom. The summed E-state index contributed by atoms with van der Waals surface area (Å²) in [5.74, 6) is -1.05. The predicted octanol–water partition coefficient (Wildman–Crippen LogP) is 3.08. The van der Waals surface area contributed by atoms with E-state index in [0.717, 1.165) is 12.0 Å². The summed E-state index contributed by atoms with van der Waals surface area (Å²) < 4.78 is 0. The predicted molar refractivity (Wildman–Crippen MR) is 77.2 cm³/mol. The van der Waals surface area contributed by atoms with Gasteiger partial charge in [0.1, 0.15) is 0 Å². The molecule has 3 atom stereocenters. The van der Waals surface area contributed by atoms with Gasteiger partial charge in [0, 0.05) is 22.0 Å². The molecule has 1 amide bonds. The summed E-state index contributed by atoms with van der Waals surface area (Å²) in [5.41, 5.74) is 0.952. The Morgan fingerprint density at radius 3 is 2.50 bits per heavy atom. The van der Waals surface area contributed by atoms with E-state index in [-0.39, 0.29) is 30.2 Å². The summed E-state index contributed by atoms with van der Waals surface area (Å²) >= 11 is 11.9. The van der Waals surface area contributed by atoms with Crippen LogP contribution in [-0.2, 0) is 9.59 Å². The average molecular weight is 316 g/mol. The van der Waals surface area contributed by atoms with Gasteiger partial charge in [0.2, 0.25) is 5.91 Å². The van der Waals surface area contributed by atoms with Gasteiger partial charge in [-0.3, -0.25) is 9.59 Å². The molecule has 1 aliphatic rings. The second kappa shape index (κ2) is 6.02. The zero-order chi connectivity index (χ0) is 14.9. The summed E-state index contributed by atoms with van der Waals surface area (Å²) in [4.78, 5) is 22.5. The minimum absolute atomic E-state index is 0.0773. The highest BCUT2D eigenvalue weighted by Gasteiger charge is 2.44. The molecule has 0 spiro atoms. The number of amides is 1. The number of carbonyl (C=O) groups excluding carboxylic acids is 1. The summed E-state index contributed by atoms with van der Waals surface area (Å²) in [6, 6.07) is 4.90. The van der Waals surface area contributed by atoms with E-state index >= 15 is 0 Å². The standard InChI is InChI=1S/C14H15Cl2NO3/c1-7(2-13(18)19)17-14(20)12-6-11(12)8-3-9(15)5-10(16)4-8/h3-5,7,11-12H,2,6H2,1H3,(H,17,20)(H,18,19). The number of nitrogens with one attached hydrogen (secondary N) is 1. The molecule has 0 aromatic heterocycles. The number of aliphatic carboxylic acids is 1. The van der Waals surface area contributed by atoms with Crippen LogP contribution in [0.1, 0.15) is 31.2 Å². The van der Waals surface area contributed by atoms with Crippen molar-refractivity contribution in [3.8, 4) is 0 Å². The fraction of sp³-hybridized carbons (Fsp3) is 0.429. The normalized spacial score (nSPS) is 22.1. The lowest BCUT2D eigenvalue weighted by Crippen LogP contribution is -2.35. The largest absolute Gasteiger partial charge is 0.481 e. The second-order valence-electron chi connectivity index (χ2n) is 5.16. The van der Waals surface area contributed by atoms with Crippen LogP contribution in [0.4, 0.5) is 0 Å². The van der Waals surface area contributed by atoms with Crippen LogP contribution < -0.4 is 5.32 Å². The molecule has 0 aliphatic heterocycles. The lowest BCUT2D eigenvalue weighted by Gasteiger charge is -2.11. The lowest BCUT2D eigenvalue weighted by molar-refractivity contribution is -0.137. The molecule has 3 unspecified atom stereocenters. The van der Waals surface area contributed by atoms with E-state index in [1.54, 1.807) is 13.0 Å². The maximum Gasteiger partial charge on any atom is 0.305 e. The van der Waals surface area contributed by atoms with Crippen molar-refractivity contribution < 1.29 is 14.7 Å². The van der Waals surface area contributed by atoms with E-state index in [1.165, 1.54) is 0 Å². The van der Waals surface area contributed by atoms with Crippen LogP contribution in [0.2, 0.25) is 10.0 Å². The molecule has 20 heavy (non-hydrogen) atoms. The Kier molecular flexibility index (Phi) is 4.55.